The Bertz CT molecular complexity index is 879. The molecule has 26 heavy (non-hydrogen) atoms. The van der Waals surface area contributed by atoms with Gasteiger partial charge in [0.25, 0.3) is 0 Å². The number of sulfone groups is 1. The third kappa shape index (κ3) is 4.19. The van der Waals surface area contributed by atoms with Crippen molar-refractivity contribution in [1.82, 2.24) is 20.3 Å². The van der Waals surface area contributed by atoms with Crippen molar-refractivity contribution in [2.24, 2.45) is 0 Å². The molecule has 1 saturated heterocycles. The summed E-state index contributed by atoms with van der Waals surface area (Å²) in [7, 11) is -1.48. The number of rotatable bonds is 5. The maximum Gasteiger partial charge on any atom is 0.225 e. The lowest BCUT2D eigenvalue weighted by molar-refractivity contribution is 0.447. The normalized spacial score (nSPS) is 17.9. The molecule has 0 aliphatic carbocycles. The van der Waals surface area contributed by atoms with E-state index in [1.165, 1.54) is 12.5 Å². The summed E-state index contributed by atoms with van der Waals surface area (Å²) < 4.78 is 24.4. The Morgan fingerprint density at radius 3 is 2.81 bits per heavy atom. The van der Waals surface area contributed by atoms with Crippen molar-refractivity contribution in [3.05, 3.63) is 41.5 Å². The highest BCUT2D eigenvalue weighted by Crippen LogP contribution is 2.28. The molecule has 3 heterocycles. The van der Waals surface area contributed by atoms with Crippen LogP contribution >= 0.6 is 0 Å². The van der Waals surface area contributed by atoms with Gasteiger partial charge in [-0.15, -0.1) is 0 Å². The smallest absolute Gasteiger partial charge is 0.225 e. The van der Waals surface area contributed by atoms with E-state index in [2.05, 4.69) is 20.3 Å². The maximum atomic E-state index is 12.2. The summed E-state index contributed by atoms with van der Waals surface area (Å²) in [6.07, 6.45) is 6.36. The molecule has 7 nitrogen and oxygen atoms in total. The molecule has 2 aromatic rings. The summed E-state index contributed by atoms with van der Waals surface area (Å²) in [5.74, 6) is 0.600. The van der Waals surface area contributed by atoms with Gasteiger partial charge in [-0.2, -0.15) is 0 Å². The van der Waals surface area contributed by atoms with Crippen LogP contribution in [0.3, 0.4) is 0 Å². The molecular weight excluding hydrogens is 350 g/mol. The van der Waals surface area contributed by atoms with Gasteiger partial charge in [-0.1, -0.05) is 6.07 Å². The zero-order valence-electron chi connectivity index (χ0n) is 15.4. The topological polar surface area (TPSA) is 88.1 Å². The molecule has 0 bridgehead atoms. The Morgan fingerprint density at radius 1 is 1.35 bits per heavy atom. The van der Waals surface area contributed by atoms with Crippen molar-refractivity contribution >= 4 is 15.8 Å². The monoisotopic (exact) mass is 375 g/mol. The van der Waals surface area contributed by atoms with Gasteiger partial charge < -0.3 is 10.2 Å². The van der Waals surface area contributed by atoms with E-state index in [1.807, 2.05) is 31.0 Å². The molecule has 0 aromatic carbocycles. The number of aromatic nitrogens is 3. The zero-order valence-corrected chi connectivity index (χ0v) is 16.3. The van der Waals surface area contributed by atoms with E-state index in [0.29, 0.717) is 18.2 Å². The number of anilines is 1. The van der Waals surface area contributed by atoms with Crippen LogP contribution in [0.1, 0.15) is 35.7 Å². The molecule has 140 valence electrons. The second-order valence-electron chi connectivity index (χ2n) is 6.86. The summed E-state index contributed by atoms with van der Waals surface area (Å²) in [5.41, 5.74) is 2.67. The SMILES string of the molecule is Cc1cccnc1CN(C)c1ncc(S(C)(=O)=O)c([C@H]2CCCNC2)n1. The Labute approximate surface area is 154 Å². The number of nitrogens with zero attached hydrogens (tertiary/aromatic N) is 4. The molecule has 0 saturated carbocycles. The van der Waals surface area contributed by atoms with Crippen LogP contribution in [-0.2, 0) is 16.4 Å². The van der Waals surface area contributed by atoms with Crippen LogP contribution in [0.25, 0.3) is 0 Å². The second-order valence-corrected chi connectivity index (χ2v) is 8.84. The highest BCUT2D eigenvalue weighted by molar-refractivity contribution is 7.90. The second kappa shape index (κ2) is 7.67. The molecule has 1 atom stereocenters. The predicted octanol–water partition coefficient (Wildman–Crippen LogP) is 1.69. The average molecular weight is 375 g/mol. The molecule has 8 heteroatoms. The summed E-state index contributed by atoms with van der Waals surface area (Å²) >= 11 is 0. The summed E-state index contributed by atoms with van der Waals surface area (Å²) in [4.78, 5) is 15.5. The Kier molecular flexibility index (Phi) is 5.52. The van der Waals surface area contributed by atoms with Crippen molar-refractivity contribution in [2.75, 3.05) is 31.3 Å². The van der Waals surface area contributed by atoms with E-state index in [-0.39, 0.29) is 10.8 Å². The average Bonchev–Trinajstić information content (AvgIpc) is 2.63. The van der Waals surface area contributed by atoms with Gasteiger partial charge in [-0.3, -0.25) is 4.98 Å². The first-order valence-electron chi connectivity index (χ1n) is 8.75. The highest BCUT2D eigenvalue weighted by Gasteiger charge is 2.26. The largest absolute Gasteiger partial charge is 0.338 e. The molecular formula is C18H25N5O2S. The molecule has 1 aliphatic heterocycles. The quantitative estimate of drug-likeness (QED) is 0.851. The molecule has 1 N–H and O–H groups in total. The summed E-state index contributed by atoms with van der Waals surface area (Å²) in [5, 5.41) is 3.33. The van der Waals surface area contributed by atoms with Crippen molar-refractivity contribution in [1.29, 1.82) is 0 Å². The van der Waals surface area contributed by atoms with Crippen LogP contribution in [0.5, 0.6) is 0 Å². The number of hydrogen-bond donors (Lipinski definition) is 1. The van der Waals surface area contributed by atoms with Crippen LogP contribution in [0, 0.1) is 6.92 Å². The lowest BCUT2D eigenvalue weighted by Gasteiger charge is -2.25. The van der Waals surface area contributed by atoms with E-state index < -0.39 is 9.84 Å². The highest BCUT2D eigenvalue weighted by atomic mass is 32.2. The van der Waals surface area contributed by atoms with Crippen LogP contribution in [0.2, 0.25) is 0 Å². The Morgan fingerprint density at radius 2 is 2.15 bits per heavy atom. The minimum absolute atomic E-state index is 0.0835. The van der Waals surface area contributed by atoms with Gasteiger partial charge in [0.1, 0.15) is 4.90 Å². The fourth-order valence-electron chi connectivity index (χ4n) is 3.20. The van der Waals surface area contributed by atoms with Crippen LogP contribution in [0.15, 0.2) is 29.4 Å². The third-order valence-corrected chi connectivity index (χ3v) is 5.81. The first-order valence-corrected chi connectivity index (χ1v) is 10.6. The number of aryl methyl sites for hydroxylation is 1. The maximum absolute atomic E-state index is 12.2. The van der Waals surface area contributed by atoms with Crippen molar-refractivity contribution in [3.63, 3.8) is 0 Å². The van der Waals surface area contributed by atoms with E-state index in [9.17, 15) is 8.42 Å². The molecule has 0 unspecified atom stereocenters. The van der Waals surface area contributed by atoms with Gasteiger partial charge in [0, 0.05) is 32.0 Å². The molecule has 3 rings (SSSR count). The molecule has 1 fully saturated rings. The van der Waals surface area contributed by atoms with Crippen molar-refractivity contribution in [3.8, 4) is 0 Å². The number of pyridine rings is 1. The fraction of sp³-hybridized carbons (Fsp3) is 0.500. The van der Waals surface area contributed by atoms with Gasteiger partial charge in [-0.05, 0) is 37.9 Å². The first-order chi connectivity index (χ1) is 12.4. The molecule has 0 amide bonds. The first kappa shape index (κ1) is 18.7. The van der Waals surface area contributed by atoms with E-state index in [1.54, 1.807) is 6.20 Å². The number of piperidine rings is 1. The summed E-state index contributed by atoms with van der Waals surface area (Å²) in [6.45, 7) is 4.28. The third-order valence-electron chi connectivity index (χ3n) is 4.70. The minimum atomic E-state index is -3.37. The lowest BCUT2D eigenvalue weighted by atomic mass is 9.96. The van der Waals surface area contributed by atoms with E-state index in [4.69, 9.17) is 0 Å². The van der Waals surface area contributed by atoms with Gasteiger partial charge in [0.05, 0.1) is 24.1 Å². The molecule has 2 aromatic heterocycles. The Balaban J connectivity index is 1.94. The van der Waals surface area contributed by atoms with E-state index in [0.717, 1.165) is 37.2 Å². The zero-order chi connectivity index (χ0) is 18.7. The predicted molar refractivity (Wildman–Crippen MR) is 101 cm³/mol. The number of hydrogen-bond acceptors (Lipinski definition) is 7. The van der Waals surface area contributed by atoms with Crippen molar-refractivity contribution < 1.29 is 8.42 Å². The van der Waals surface area contributed by atoms with Gasteiger partial charge in [0.15, 0.2) is 9.84 Å². The van der Waals surface area contributed by atoms with Gasteiger partial charge in [0.2, 0.25) is 5.95 Å². The Hall–Kier alpha value is -2.06. The van der Waals surface area contributed by atoms with Crippen LogP contribution < -0.4 is 10.2 Å². The standard InChI is InChI=1S/C18H25N5O2S/c1-13-6-4-9-20-15(13)12-23(2)18-21-11-16(26(3,24)25)17(22-18)14-7-5-8-19-10-14/h4,6,9,11,14,19H,5,7-8,10,12H2,1-3H3/t14-/m0/s1. The summed E-state index contributed by atoms with van der Waals surface area (Å²) in [6, 6.07) is 3.92. The van der Waals surface area contributed by atoms with Crippen LogP contribution in [0.4, 0.5) is 5.95 Å². The van der Waals surface area contributed by atoms with Gasteiger partial charge in [-0.25, -0.2) is 18.4 Å². The van der Waals surface area contributed by atoms with Crippen molar-refractivity contribution in [2.45, 2.75) is 37.1 Å². The van der Waals surface area contributed by atoms with E-state index >= 15 is 0 Å². The van der Waals surface area contributed by atoms with Gasteiger partial charge >= 0.3 is 0 Å². The fourth-order valence-corrected chi connectivity index (χ4v) is 4.04. The molecule has 0 radical (unpaired) electrons. The number of nitrogens with one attached hydrogen (secondary N) is 1. The molecule has 0 spiro atoms. The van der Waals surface area contributed by atoms with Crippen LogP contribution in [-0.4, -0.2) is 49.8 Å². The lowest BCUT2D eigenvalue weighted by Crippen LogP contribution is -2.30. The minimum Gasteiger partial charge on any atom is -0.338 e. The molecule has 1 aliphatic rings.